The summed E-state index contributed by atoms with van der Waals surface area (Å²) in [6.45, 7) is 0.540. The Kier molecular flexibility index (Phi) is 4.14. The van der Waals surface area contributed by atoms with E-state index in [2.05, 4.69) is 14.3 Å². The highest BCUT2D eigenvalue weighted by Crippen LogP contribution is 2.49. The minimum Gasteiger partial charge on any atom is -0.439 e. The molecule has 1 saturated carbocycles. The third-order valence-corrected chi connectivity index (χ3v) is 7.49. The lowest BCUT2D eigenvalue weighted by atomic mass is 9.63. The predicted octanol–water partition coefficient (Wildman–Crippen LogP) is 3.77. The fourth-order valence-electron chi connectivity index (χ4n) is 4.66. The maximum absolute atomic E-state index is 12.2. The number of ether oxygens (including phenoxy) is 1. The minimum atomic E-state index is -3.38. The van der Waals surface area contributed by atoms with Crippen LogP contribution in [-0.4, -0.2) is 42.5 Å². The number of fused-ring (bicyclic) bond motifs is 2. The molecule has 3 fully saturated rings. The topological polar surface area (TPSA) is 71.9 Å². The zero-order chi connectivity index (χ0) is 19.4. The van der Waals surface area contributed by atoms with Crippen molar-refractivity contribution < 1.29 is 13.2 Å². The van der Waals surface area contributed by atoms with Crippen molar-refractivity contribution in [1.29, 1.82) is 0 Å². The van der Waals surface area contributed by atoms with E-state index in [1.807, 2.05) is 12.1 Å². The molecule has 1 aromatic heterocycles. The quantitative estimate of drug-likeness (QED) is 0.760. The van der Waals surface area contributed by atoms with E-state index in [4.69, 9.17) is 16.3 Å². The van der Waals surface area contributed by atoms with E-state index in [0.29, 0.717) is 29.2 Å². The summed E-state index contributed by atoms with van der Waals surface area (Å²) < 4.78 is 34.3. The number of halogens is 1. The summed E-state index contributed by atoms with van der Waals surface area (Å²) in [4.78, 5) is 6.69. The van der Waals surface area contributed by atoms with Crippen molar-refractivity contribution in [2.75, 3.05) is 12.3 Å². The first-order valence-electron chi connectivity index (χ1n) is 9.45. The number of piperidine rings is 2. The Morgan fingerprint density at radius 3 is 2.54 bits per heavy atom. The van der Waals surface area contributed by atoms with E-state index in [9.17, 15) is 8.42 Å². The van der Waals surface area contributed by atoms with Gasteiger partial charge in [0.05, 0.1) is 11.2 Å². The molecule has 6 nitrogen and oxygen atoms in total. The van der Waals surface area contributed by atoms with Gasteiger partial charge in [-0.1, -0.05) is 17.7 Å². The second kappa shape index (κ2) is 6.46. The van der Waals surface area contributed by atoms with Crippen LogP contribution in [-0.2, 0) is 15.4 Å². The molecule has 28 heavy (non-hydrogen) atoms. The van der Waals surface area contributed by atoms with Gasteiger partial charge in [-0.3, -0.25) is 0 Å². The van der Waals surface area contributed by atoms with E-state index in [-0.39, 0.29) is 11.2 Å². The summed E-state index contributed by atoms with van der Waals surface area (Å²) in [5, 5.41) is 0.649. The van der Waals surface area contributed by atoms with Gasteiger partial charge in [-0.25, -0.2) is 13.4 Å². The first-order chi connectivity index (χ1) is 13.5. The number of hydrogen-bond acceptors (Lipinski definition) is 5. The van der Waals surface area contributed by atoms with Crippen LogP contribution < -0.4 is 4.74 Å². The Labute approximate surface area is 169 Å². The Bertz CT molecular complexity index is 1030. The zero-order valence-corrected chi connectivity index (χ0v) is 16.8. The van der Waals surface area contributed by atoms with Gasteiger partial charge in [-0.2, -0.15) is 0 Å². The maximum Gasteiger partial charge on any atom is 0.256 e. The van der Waals surface area contributed by atoms with Crippen LogP contribution in [0.25, 0.3) is 0 Å². The second-order valence-electron chi connectivity index (χ2n) is 7.65. The van der Waals surface area contributed by atoms with Crippen LogP contribution in [0.1, 0.15) is 31.2 Å². The molecule has 1 aromatic carbocycles. The lowest BCUT2D eigenvalue weighted by Gasteiger charge is -2.55. The molecule has 4 aliphatic rings. The molecule has 0 spiro atoms. The lowest BCUT2D eigenvalue weighted by molar-refractivity contribution is 0.151. The standard InChI is InChI=1S/C20H20ClN3O3S/c21-15-2-4-17(5-3-15)27-18-6-1-14(13-22-18)20-9-7-16(8-10-20)24-11-12-28(25,26)23-19(20)24/h1-6,13,16H,7-12H2. The van der Waals surface area contributed by atoms with Crippen molar-refractivity contribution >= 4 is 27.5 Å². The van der Waals surface area contributed by atoms with Gasteiger partial charge in [0.1, 0.15) is 11.6 Å². The highest BCUT2D eigenvalue weighted by Gasteiger charge is 2.52. The summed E-state index contributed by atoms with van der Waals surface area (Å²) in [5.74, 6) is 1.97. The Morgan fingerprint density at radius 2 is 1.86 bits per heavy atom. The smallest absolute Gasteiger partial charge is 0.256 e. The molecular weight excluding hydrogens is 398 g/mol. The van der Waals surface area contributed by atoms with Crippen molar-refractivity contribution in [2.45, 2.75) is 37.1 Å². The van der Waals surface area contributed by atoms with Crippen molar-refractivity contribution in [3.63, 3.8) is 0 Å². The molecule has 0 amide bonds. The molecule has 0 N–H and O–H groups in total. The van der Waals surface area contributed by atoms with Gasteiger partial charge in [-0.05, 0) is 55.5 Å². The summed E-state index contributed by atoms with van der Waals surface area (Å²) in [6, 6.07) is 11.4. The Morgan fingerprint density at radius 1 is 1.11 bits per heavy atom. The lowest BCUT2D eigenvalue weighted by Crippen LogP contribution is -2.62. The van der Waals surface area contributed by atoms with Crippen LogP contribution in [0.4, 0.5) is 0 Å². The average molecular weight is 418 g/mol. The summed E-state index contributed by atoms with van der Waals surface area (Å²) in [6.07, 6.45) is 5.73. The third kappa shape index (κ3) is 2.97. The van der Waals surface area contributed by atoms with Crippen LogP contribution in [0.15, 0.2) is 47.0 Å². The molecule has 2 aromatic rings. The molecule has 8 heteroatoms. The van der Waals surface area contributed by atoms with Crippen LogP contribution >= 0.6 is 11.6 Å². The largest absolute Gasteiger partial charge is 0.439 e. The number of nitrogens with zero attached hydrogens (tertiary/aromatic N) is 3. The van der Waals surface area contributed by atoms with Crippen LogP contribution in [0.5, 0.6) is 11.6 Å². The SMILES string of the molecule is O=S1(=O)CCN2C(=N1)C1(c3ccc(Oc4ccc(Cl)cc4)nc3)CCC2CC1. The number of hydrogen-bond donors (Lipinski definition) is 0. The molecule has 6 rings (SSSR count). The molecular formula is C20H20ClN3O3S. The van der Waals surface area contributed by atoms with Crippen LogP contribution in [0.2, 0.25) is 5.02 Å². The maximum atomic E-state index is 12.2. The first-order valence-corrected chi connectivity index (χ1v) is 11.4. The van der Waals surface area contributed by atoms with E-state index >= 15 is 0 Å². The Hall–Kier alpha value is -2.12. The van der Waals surface area contributed by atoms with Gasteiger partial charge in [0.15, 0.2) is 0 Å². The number of pyridine rings is 1. The molecule has 4 heterocycles. The van der Waals surface area contributed by atoms with Crippen LogP contribution in [0, 0.1) is 0 Å². The molecule has 0 radical (unpaired) electrons. The van der Waals surface area contributed by atoms with Gasteiger partial charge in [0.25, 0.3) is 10.0 Å². The summed E-state index contributed by atoms with van der Waals surface area (Å²) in [7, 11) is -3.38. The molecule has 3 aliphatic heterocycles. The number of sulfonamides is 1. The summed E-state index contributed by atoms with van der Waals surface area (Å²) >= 11 is 5.90. The first kappa shape index (κ1) is 17.9. The van der Waals surface area contributed by atoms with Gasteiger partial charge in [0, 0.05) is 29.9 Å². The predicted molar refractivity (Wildman–Crippen MR) is 108 cm³/mol. The molecule has 0 atom stereocenters. The molecule has 2 saturated heterocycles. The van der Waals surface area contributed by atoms with Crippen molar-refractivity contribution in [3.8, 4) is 11.6 Å². The average Bonchev–Trinajstić information content (AvgIpc) is 2.70. The zero-order valence-electron chi connectivity index (χ0n) is 15.2. The van der Waals surface area contributed by atoms with Crippen molar-refractivity contribution in [2.24, 2.45) is 4.40 Å². The molecule has 0 unspecified atom stereocenters. The van der Waals surface area contributed by atoms with E-state index in [1.54, 1.807) is 30.5 Å². The van der Waals surface area contributed by atoms with E-state index in [0.717, 1.165) is 37.1 Å². The van der Waals surface area contributed by atoms with Crippen molar-refractivity contribution in [3.05, 3.63) is 53.2 Å². The van der Waals surface area contributed by atoms with Gasteiger partial charge < -0.3 is 9.64 Å². The van der Waals surface area contributed by atoms with E-state index in [1.165, 1.54) is 0 Å². The minimum absolute atomic E-state index is 0.106. The van der Waals surface area contributed by atoms with Crippen molar-refractivity contribution in [1.82, 2.24) is 9.88 Å². The van der Waals surface area contributed by atoms with Gasteiger partial charge in [0.2, 0.25) is 5.88 Å². The second-order valence-corrected chi connectivity index (χ2v) is 9.84. The third-order valence-electron chi connectivity index (χ3n) is 6.09. The number of rotatable bonds is 3. The fraction of sp³-hybridized carbons (Fsp3) is 0.400. The summed E-state index contributed by atoms with van der Waals surface area (Å²) in [5.41, 5.74) is 0.642. The van der Waals surface area contributed by atoms with E-state index < -0.39 is 10.0 Å². The molecule has 1 aliphatic carbocycles. The normalized spacial score (nSPS) is 27.8. The van der Waals surface area contributed by atoms with Crippen LogP contribution in [0.3, 0.4) is 0 Å². The van der Waals surface area contributed by atoms with Gasteiger partial charge in [-0.15, -0.1) is 4.40 Å². The number of benzene rings is 1. The molecule has 146 valence electrons. The highest BCUT2D eigenvalue weighted by molar-refractivity contribution is 7.90. The Balaban J connectivity index is 1.47. The highest BCUT2D eigenvalue weighted by atomic mass is 35.5. The number of amidine groups is 1. The number of aromatic nitrogens is 1. The van der Waals surface area contributed by atoms with Gasteiger partial charge >= 0.3 is 0 Å². The molecule has 2 bridgehead atoms. The fourth-order valence-corrected chi connectivity index (χ4v) is 5.85. The monoisotopic (exact) mass is 417 g/mol.